The third-order valence-corrected chi connectivity index (χ3v) is 3.72. The molecule has 10 nitrogen and oxygen atoms in total. The Kier molecular flexibility index (Phi) is 7.01. The Morgan fingerprint density at radius 3 is 2.67 bits per heavy atom. The quantitative estimate of drug-likeness (QED) is 0.321. The molecule has 1 aromatic rings. The number of nitrogens with zero attached hydrogens (tertiary/aromatic N) is 2. The number of carbonyl (C=O) groups excluding carboxylic acids is 1. The molecule has 11 heteroatoms. The van der Waals surface area contributed by atoms with Gasteiger partial charge in [-0.05, 0) is 13.8 Å². The first-order valence-electron chi connectivity index (χ1n) is 6.26. The summed E-state index contributed by atoms with van der Waals surface area (Å²) in [5.41, 5.74) is 10.5. The van der Waals surface area contributed by atoms with Crippen LogP contribution in [-0.4, -0.2) is 37.9 Å². The van der Waals surface area contributed by atoms with Gasteiger partial charge in [-0.15, -0.1) is 9.44 Å². The number of carbonyl (C=O) groups is 1. The zero-order valence-electron chi connectivity index (χ0n) is 11.8. The van der Waals surface area contributed by atoms with Crippen molar-refractivity contribution in [2.24, 2.45) is 11.5 Å². The third kappa shape index (κ3) is 5.95. The van der Waals surface area contributed by atoms with E-state index in [-0.39, 0.29) is 24.7 Å². The van der Waals surface area contributed by atoms with Gasteiger partial charge in [-0.3, -0.25) is 4.79 Å². The van der Waals surface area contributed by atoms with Crippen molar-refractivity contribution in [2.45, 2.75) is 45.0 Å². The Bertz CT molecular complexity index is 457. The molecule has 1 heterocycles. The summed E-state index contributed by atoms with van der Waals surface area (Å²) in [6.07, 6.45) is -0.875. The van der Waals surface area contributed by atoms with E-state index >= 15 is 0 Å². The molecule has 0 fully saturated rings. The number of hydrogen-bond acceptors (Lipinski definition) is 9. The fourth-order valence-electron chi connectivity index (χ4n) is 1.30. The second kappa shape index (κ2) is 8.26. The van der Waals surface area contributed by atoms with E-state index in [0.29, 0.717) is 0 Å². The average Bonchev–Trinajstić information content (AvgIpc) is 2.85. The molecule has 0 aromatic carbocycles. The molecule has 1 aromatic heterocycles. The van der Waals surface area contributed by atoms with E-state index < -0.39 is 35.6 Å². The van der Waals surface area contributed by atoms with E-state index in [1.807, 2.05) is 0 Å². The van der Waals surface area contributed by atoms with Crippen LogP contribution in [0.5, 0.6) is 0 Å². The van der Waals surface area contributed by atoms with Crippen LogP contribution < -0.4 is 20.9 Å². The van der Waals surface area contributed by atoms with Gasteiger partial charge >= 0.3 is 0 Å². The molecular formula is C10H20N6O4S. The van der Waals surface area contributed by atoms with Crippen molar-refractivity contribution in [1.29, 1.82) is 0 Å². The lowest BCUT2D eigenvalue weighted by Gasteiger charge is -2.20. The van der Waals surface area contributed by atoms with Crippen LogP contribution >= 0.6 is 0 Å². The van der Waals surface area contributed by atoms with Crippen LogP contribution in [0.1, 0.15) is 38.0 Å². The van der Waals surface area contributed by atoms with Gasteiger partial charge in [-0.25, -0.2) is 0 Å². The van der Waals surface area contributed by atoms with Crippen molar-refractivity contribution in [3.05, 3.63) is 11.7 Å². The van der Waals surface area contributed by atoms with Crippen LogP contribution in [0.3, 0.4) is 0 Å². The maximum atomic E-state index is 11.9. The molecule has 0 bridgehead atoms. The molecule has 4 unspecified atom stereocenters. The van der Waals surface area contributed by atoms with Crippen LogP contribution in [0.15, 0.2) is 4.52 Å². The zero-order valence-corrected chi connectivity index (χ0v) is 12.6. The maximum absolute atomic E-state index is 11.9. The molecule has 0 radical (unpaired) electrons. The number of nitrogens with two attached hydrogens (primary N) is 2. The molecule has 120 valence electrons. The maximum Gasteiger partial charge on any atom is 0.248 e. The number of rotatable bonds is 9. The van der Waals surface area contributed by atoms with Crippen LogP contribution in [0.2, 0.25) is 0 Å². The highest BCUT2D eigenvalue weighted by Crippen LogP contribution is 2.15. The van der Waals surface area contributed by atoms with Crippen LogP contribution in [-0.2, 0) is 22.9 Å². The molecule has 0 saturated heterocycles. The Labute approximate surface area is 125 Å². The molecule has 0 aliphatic heterocycles. The van der Waals surface area contributed by atoms with Crippen LogP contribution in [0.4, 0.5) is 0 Å². The van der Waals surface area contributed by atoms with Gasteiger partial charge in [0.1, 0.15) is 17.6 Å². The van der Waals surface area contributed by atoms with Gasteiger partial charge in [0, 0.05) is 0 Å². The highest BCUT2D eigenvalue weighted by atomic mass is 32.2. The Morgan fingerprint density at radius 2 is 2.19 bits per heavy atom. The summed E-state index contributed by atoms with van der Waals surface area (Å²) < 4.78 is 22.1. The number of amides is 1. The summed E-state index contributed by atoms with van der Waals surface area (Å²) in [7, 11) is 0. The minimum Gasteiger partial charge on any atom is -0.579 e. The van der Waals surface area contributed by atoms with E-state index in [1.165, 1.54) is 0 Å². The molecule has 0 aliphatic rings. The van der Waals surface area contributed by atoms with Gasteiger partial charge in [0.05, 0.1) is 25.1 Å². The number of nitrogens with one attached hydrogen (secondary N) is 2. The van der Waals surface area contributed by atoms with Crippen molar-refractivity contribution in [3.8, 4) is 0 Å². The summed E-state index contributed by atoms with van der Waals surface area (Å²) >= 11 is -1.74. The van der Waals surface area contributed by atoms with E-state index in [1.54, 1.807) is 13.8 Å². The van der Waals surface area contributed by atoms with Crippen molar-refractivity contribution < 1.29 is 19.0 Å². The number of aliphatic hydroxyl groups is 1. The first-order chi connectivity index (χ1) is 9.83. The van der Waals surface area contributed by atoms with Crippen molar-refractivity contribution >= 4 is 17.5 Å². The molecule has 21 heavy (non-hydrogen) atoms. The number of aliphatic hydroxyl groups excluding tert-OH is 1. The van der Waals surface area contributed by atoms with Gasteiger partial charge in [0.2, 0.25) is 11.8 Å². The van der Waals surface area contributed by atoms with Gasteiger partial charge < -0.3 is 25.6 Å². The third-order valence-electron chi connectivity index (χ3n) is 2.64. The lowest BCUT2D eigenvalue weighted by molar-refractivity contribution is -0.118. The largest absolute Gasteiger partial charge is 0.579 e. The minimum absolute atomic E-state index is 0.0640. The summed E-state index contributed by atoms with van der Waals surface area (Å²) in [5, 5.41) is 12.9. The lowest BCUT2D eigenvalue weighted by atomic mass is 10.2. The van der Waals surface area contributed by atoms with Crippen molar-refractivity contribution in [3.63, 3.8) is 0 Å². The molecule has 1 rings (SSSR count). The summed E-state index contributed by atoms with van der Waals surface area (Å²) in [6.45, 7) is 3.29. The van der Waals surface area contributed by atoms with E-state index in [0.717, 1.165) is 0 Å². The van der Waals surface area contributed by atoms with Crippen molar-refractivity contribution in [1.82, 2.24) is 19.6 Å². The summed E-state index contributed by atoms with van der Waals surface area (Å²) in [6, 6.07) is -1.24. The smallest absolute Gasteiger partial charge is 0.248 e. The standard InChI is InChI=1S/C10H20N6O4S/c1-5(6(2)17)15-21(19)16-7(3-8(12)18)10-13-9(4-11)14-20-10/h5-7,15-17H,3-4,11H2,1-2H3,(H2,12,18). The minimum atomic E-state index is -1.74. The van der Waals surface area contributed by atoms with Gasteiger partial charge in [0.15, 0.2) is 5.82 Å². The fourth-order valence-corrected chi connectivity index (χ4v) is 2.35. The predicted molar refractivity (Wildman–Crippen MR) is 74.3 cm³/mol. The van der Waals surface area contributed by atoms with Crippen LogP contribution in [0, 0.1) is 0 Å². The van der Waals surface area contributed by atoms with E-state index in [9.17, 15) is 14.5 Å². The monoisotopic (exact) mass is 320 g/mol. The van der Waals surface area contributed by atoms with E-state index in [2.05, 4.69) is 19.6 Å². The molecule has 4 atom stereocenters. The highest BCUT2D eigenvalue weighted by molar-refractivity contribution is 7.87. The van der Waals surface area contributed by atoms with Gasteiger partial charge in [-0.2, -0.15) is 4.98 Å². The zero-order chi connectivity index (χ0) is 16.0. The first kappa shape index (κ1) is 17.8. The molecule has 0 aliphatic carbocycles. The molecule has 7 N–H and O–H groups in total. The predicted octanol–water partition coefficient (Wildman–Crippen LogP) is -2.03. The number of primary amides is 1. The average molecular weight is 320 g/mol. The summed E-state index contributed by atoms with van der Waals surface area (Å²) in [5.74, 6) is -0.299. The molecular weight excluding hydrogens is 300 g/mol. The van der Waals surface area contributed by atoms with E-state index in [4.69, 9.17) is 16.0 Å². The van der Waals surface area contributed by atoms with Crippen LogP contribution in [0.25, 0.3) is 0 Å². The fraction of sp³-hybridized carbons (Fsp3) is 0.700. The summed E-state index contributed by atoms with van der Waals surface area (Å²) in [4.78, 5) is 15.0. The van der Waals surface area contributed by atoms with Gasteiger partial charge in [-0.1, -0.05) is 5.16 Å². The lowest BCUT2D eigenvalue weighted by Crippen LogP contribution is -2.47. The SMILES string of the molecule is CC(O)C(C)N[S+]([O-])NC(CC(N)=O)c1nc(CN)no1. The molecule has 0 spiro atoms. The Hall–Kier alpha value is -1.24. The topological polar surface area (TPSA) is 175 Å². The molecule has 1 amide bonds. The Balaban J connectivity index is 2.71. The van der Waals surface area contributed by atoms with Gasteiger partial charge in [0.25, 0.3) is 0 Å². The Morgan fingerprint density at radius 1 is 1.52 bits per heavy atom. The van der Waals surface area contributed by atoms with Crippen molar-refractivity contribution in [2.75, 3.05) is 0 Å². The number of aromatic nitrogens is 2. The highest BCUT2D eigenvalue weighted by Gasteiger charge is 2.27. The second-order valence-electron chi connectivity index (χ2n) is 4.51. The number of hydrogen-bond donors (Lipinski definition) is 5. The second-order valence-corrected chi connectivity index (χ2v) is 5.52. The normalized spacial score (nSPS) is 17.2. The molecule has 0 saturated carbocycles. The first-order valence-corrected chi connectivity index (χ1v) is 7.41.